The summed E-state index contributed by atoms with van der Waals surface area (Å²) in [5.41, 5.74) is 0.793. The minimum absolute atomic E-state index is 0.155. The lowest BCUT2D eigenvalue weighted by Crippen LogP contribution is -2.47. The van der Waals surface area contributed by atoms with E-state index in [0.29, 0.717) is 0 Å². The van der Waals surface area contributed by atoms with Crippen molar-refractivity contribution >= 4 is 46.7 Å². The van der Waals surface area contributed by atoms with Gasteiger partial charge in [0.25, 0.3) is 5.91 Å². The maximum atomic E-state index is 12.3. The number of hydrogen-bond acceptors (Lipinski definition) is 3. The molecule has 0 saturated heterocycles. The van der Waals surface area contributed by atoms with Gasteiger partial charge in [-0.15, -0.1) is 0 Å². The highest BCUT2D eigenvalue weighted by Gasteiger charge is 2.25. The molecule has 138 valence electrons. The van der Waals surface area contributed by atoms with Gasteiger partial charge in [-0.05, 0) is 18.6 Å². The van der Waals surface area contributed by atoms with Crippen LogP contribution in [0.15, 0.2) is 42.5 Å². The maximum Gasteiger partial charge on any atom is 0.326 e. The zero-order valence-corrected chi connectivity index (χ0v) is 16.0. The van der Waals surface area contributed by atoms with Crippen molar-refractivity contribution in [2.75, 3.05) is 0 Å². The third-order valence-electron chi connectivity index (χ3n) is 3.55. The number of amides is 1. The number of rotatable bonds is 7. The van der Waals surface area contributed by atoms with Gasteiger partial charge in [-0.1, -0.05) is 65.1 Å². The Morgan fingerprint density at radius 2 is 1.69 bits per heavy atom. The van der Waals surface area contributed by atoms with Gasteiger partial charge < -0.3 is 15.2 Å². The third kappa shape index (κ3) is 5.53. The van der Waals surface area contributed by atoms with Gasteiger partial charge in [-0.2, -0.15) is 0 Å². The molecule has 0 aliphatic rings. The van der Waals surface area contributed by atoms with Gasteiger partial charge in [0.05, 0.1) is 15.1 Å². The highest BCUT2D eigenvalue weighted by atomic mass is 35.5. The summed E-state index contributed by atoms with van der Waals surface area (Å²) in [5.74, 6) is -1.55. The van der Waals surface area contributed by atoms with Crippen molar-refractivity contribution in [1.82, 2.24) is 5.32 Å². The van der Waals surface area contributed by atoms with E-state index in [9.17, 15) is 14.7 Å². The fourth-order valence-electron chi connectivity index (χ4n) is 2.18. The summed E-state index contributed by atoms with van der Waals surface area (Å²) in [6.45, 7) is 1.48. The Kier molecular flexibility index (Phi) is 7.14. The van der Waals surface area contributed by atoms with Gasteiger partial charge in [-0.3, -0.25) is 4.79 Å². The third-order valence-corrected chi connectivity index (χ3v) is 4.56. The lowest BCUT2D eigenvalue weighted by molar-refractivity contribution is -0.142. The molecule has 0 aromatic heterocycles. The highest BCUT2D eigenvalue weighted by molar-refractivity contribution is 6.43. The van der Waals surface area contributed by atoms with Crippen molar-refractivity contribution in [3.63, 3.8) is 0 Å². The molecule has 0 unspecified atom stereocenters. The molecule has 2 aromatic carbocycles. The Bertz CT molecular complexity index is 799. The number of halogens is 3. The van der Waals surface area contributed by atoms with Crippen LogP contribution in [0, 0.1) is 0 Å². The minimum Gasteiger partial charge on any atom is -0.480 e. The fraction of sp³-hybridized carbons (Fsp3) is 0.222. The lowest BCUT2D eigenvalue weighted by atomic mass is 10.1. The topological polar surface area (TPSA) is 75.6 Å². The van der Waals surface area contributed by atoms with E-state index in [4.69, 9.17) is 39.5 Å². The highest BCUT2D eigenvalue weighted by Crippen LogP contribution is 2.34. The van der Waals surface area contributed by atoms with Crippen molar-refractivity contribution in [2.24, 2.45) is 0 Å². The van der Waals surface area contributed by atoms with E-state index >= 15 is 0 Å². The first kappa shape index (κ1) is 20.4. The van der Waals surface area contributed by atoms with Crippen LogP contribution in [0.1, 0.15) is 12.5 Å². The quantitative estimate of drug-likeness (QED) is 0.662. The zero-order chi connectivity index (χ0) is 19.3. The van der Waals surface area contributed by atoms with Crippen molar-refractivity contribution in [2.45, 2.75) is 25.5 Å². The van der Waals surface area contributed by atoms with Crippen LogP contribution < -0.4 is 10.1 Å². The first-order valence-electron chi connectivity index (χ1n) is 7.66. The number of carboxylic acid groups (broad SMARTS) is 1. The molecule has 2 atom stereocenters. The Hall–Kier alpha value is -1.95. The summed E-state index contributed by atoms with van der Waals surface area (Å²) >= 11 is 17.8. The van der Waals surface area contributed by atoms with Crippen LogP contribution in [0.3, 0.4) is 0 Å². The molecular weight excluding hydrogens is 401 g/mol. The normalized spacial score (nSPS) is 12.9. The van der Waals surface area contributed by atoms with Gasteiger partial charge in [0.1, 0.15) is 11.8 Å². The van der Waals surface area contributed by atoms with Crippen LogP contribution in [0.25, 0.3) is 0 Å². The summed E-state index contributed by atoms with van der Waals surface area (Å²) < 4.78 is 5.49. The maximum absolute atomic E-state index is 12.3. The summed E-state index contributed by atoms with van der Waals surface area (Å²) in [6, 6.07) is 10.7. The predicted octanol–water partition coefficient (Wildman–Crippen LogP) is 4.23. The minimum atomic E-state index is -1.14. The second-order valence-electron chi connectivity index (χ2n) is 5.55. The largest absolute Gasteiger partial charge is 0.480 e. The molecule has 26 heavy (non-hydrogen) atoms. The van der Waals surface area contributed by atoms with Crippen LogP contribution in [0.4, 0.5) is 0 Å². The standard InChI is InChI=1S/C18H16Cl3NO4/c1-10(26-16-9-13(20)12(19)8-14(16)21)17(23)22-15(18(24)25)7-11-5-3-2-4-6-11/h2-6,8-10,15H,7H2,1H3,(H,22,23)(H,24,25)/t10-,15+/m1/s1. The molecular formula is C18H16Cl3NO4. The summed E-state index contributed by atoms with van der Waals surface area (Å²) in [7, 11) is 0. The smallest absolute Gasteiger partial charge is 0.326 e. The first-order chi connectivity index (χ1) is 12.3. The summed E-state index contributed by atoms with van der Waals surface area (Å²) in [6.07, 6.45) is -0.829. The second kappa shape index (κ2) is 9.12. The van der Waals surface area contributed by atoms with Crippen LogP contribution in [0.2, 0.25) is 15.1 Å². The van der Waals surface area contributed by atoms with Crippen LogP contribution >= 0.6 is 34.8 Å². The van der Waals surface area contributed by atoms with E-state index in [1.165, 1.54) is 19.1 Å². The molecule has 2 N–H and O–H groups in total. The molecule has 0 saturated carbocycles. The molecule has 0 spiro atoms. The molecule has 0 bridgehead atoms. The number of aliphatic carboxylic acids is 1. The molecule has 8 heteroatoms. The summed E-state index contributed by atoms with van der Waals surface area (Å²) in [4.78, 5) is 23.8. The van der Waals surface area contributed by atoms with Gasteiger partial charge in [0, 0.05) is 12.5 Å². The molecule has 1 amide bonds. The first-order valence-corrected chi connectivity index (χ1v) is 8.79. The summed E-state index contributed by atoms with van der Waals surface area (Å²) in [5, 5.41) is 12.5. The van der Waals surface area contributed by atoms with Gasteiger partial charge >= 0.3 is 5.97 Å². The molecule has 5 nitrogen and oxygen atoms in total. The molecule has 0 aliphatic carbocycles. The Morgan fingerprint density at radius 3 is 2.31 bits per heavy atom. The number of ether oxygens (including phenoxy) is 1. The van der Waals surface area contributed by atoms with Crippen LogP contribution in [-0.4, -0.2) is 29.1 Å². The fourth-order valence-corrected chi connectivity index (χ4v) is 2.76. The second-order valence-corrected chi connectivity index (χ2v) is 6.77. The average Bonchev–Trinajstić information content (AvgIpc) is 2.59. The number of hydrogen-bond donors (Lipinski definition) is 2. The van der Waals surface area contributed by atoms with Gasteiger partial charge in [0.15, 0.2) is 6.10 Å². The Morgan fingerprint density at radius 1 is 1.08 bits per heavy atom. The number of carbonyl (C=O) groups excluding carboxylic acids is 1. The van der Waals surface area contributed by atoms with E-state index in [1.807, 2.05) is 6.07 Å². The lowest BCUT2D eigenvalue weighted by Gasteiger charge is -2.19. The van der Waals surface area contributed by atoms with Crippen LogP contribution in [0.5, 0.6) is 5.75 Å². The van der Waals surface area contributed by atoms with Crippen molar-refractivity contribution in [1.29, 1.82) is 0 Å². The zero-order valence-electron chi connectivity index (χ0n) is 13.7. The van der Waals surface area contributed by atoms with E-state index in [-0.39, 0.29) is 27.2 Å². The SMILES string of the molecule is C[C@@H](Oc1cc(Cl)c(Cl)cc1Cl)C(=O)N[C@@H](Cc1ccccc1)C(=O)O. The Balaban J connectivity index is 2.04. The van der Waals surface area contributed by atoms with Crippen molar-refractivity contribution in [3.8, 4) is 5.75 Å². The number of benzene rings is 2. The number of nitrogens with one attached hydrogen (secondary N) is 1. The average molecular weight is 417 g/mol. The number of carboxylic acids is 1. The Labute approximate surface area is 165 Å². The van der Waals surface area contributed by atoms with Crippen molar-refractivity contribution < 1.29 is 19.4 Å². The van der Waals surface area contributed by atoms with E-state index in [1.54, 1.807) is 24.3 Å². The van der Waals surface area contributed by atoms with Gasteiger partial charge in [0.2, 0.25) is 0 Å². The van der Waals surface area contributed by atoms with Crippen molar-refractivity contribution in [3.05, 3.63) is 63.1 Å². The molecule has 0 heterocycles. The van der Waals surface area contributed by atoms with Gasteiger partial charge in [-0.25, -0.2) is 4.79 Å². The number of carbonyl (C=O) groups is 2. The predicted molar refractivity (Wildman–Crippen MR) is 101 cm³/mol. The molecule has 2 rings (SSSR count). The van der Waals surface area contributed by atoms with E-state index in [2.05, 4.69) is 5.32 Å². The molecule has 0 aliphatic heterocycles. The molecule has 2 aromatic rings. The van der Waals surface area contributed by atoms with E-state index < -0.39 is 24.0 Å². The van der Waals surface area contributed by atoms with Crippen LogP contribution in [-0.2, 0) is 16.0 Å². The molecule has 0 fully saturated rings. The van der Waals surface area contributed by atoms with E-state index in [0.717, 1.165) is 5.56 Å². The monoisotopic (exact) mass is 415 g/mol. The molecule has 0 radical (unpaired) electrons.